The van der Waals surface area contributed by atoms with Crippen molar-refractivity contribution in [3.8, 4) is 0 Å². The molecule has 0 rings (SSSR count). The summed E-state index contributed by atoms with van der Waals surface area (Å²) in [5.41, 5.74) is 0. The zero-order valence-corrected chi connectivity index (χ0v) is 9.88. The molecular formula is C9H22LiN3. The first kappa shape index (κ1) is 15.9. The van der Waals surface area contributed by atoms with Gasteiger partial charge in [0.25, 0.3) is 0 Å². The van der Waals surface area contributed by atoms with Crippen molar-refractivity contribution in [2.45, 2.75) is 0 Å². The molecule has 3 nitrogen and oxygen atoms in total. The Hall–Kier alpha value is 0.477. The largest absolute Gasteiger partial charge is 1.00 e. The van der Waals surface area contributed by atoms with Crippen LogP contribution in [0.1, 0.15) is 0 Å². The second-order valence-corrected chi connectivity index (χ2v) is 3.72. The molecule has 0 aliphatic carbocycles. The van der Waals surface area contributed by atoms with Crippen LogP contribution in [0.4, 0.5) is 0 Å². The third-order valence-electron chi connectivity index (χ3n) is 1.73. The van der Waals surface area contributed by atoms with E-state index in [9.17, 15) is 0 Å². The smallest absolute Gasteiger partial charge is 0.457 e. The normalized spacial score (nSPS) is 11.1. The van der Waals surface area contributed by atoms with Gasteiger partial charge in [0.1, 0.15) is 0 Å². The van der Waals surface area contributed by atoms with Gasteiger partial charge in [0.05, 0.1) is 0 Å². The van der Waals surface area contributed by atoms with Gasteiger partial charge in [-0.15, -0.1) is 0 Å². The van der Waals surface area contributed by atoms with Crippen LogP contribution < -0.4 is 18.9 Å². The molecule has 0 N–H and O–H groups in total. The predicted octanol–water partition coefficient (Wildman–Crippen LogP) is -2.79. The molecule has 0 aromatic rings. The van der Waals surface area contributed by atoms with Crippen molar-refractivity contribution in [2.24, 2.45) is 0 Å². The van der Waals surface area contributed by atoms with E-state index in [1.165, 1.54) is 0 Å². The van der Waals surface area contributed by atoms with Crippen molar-refractivity contribution in [1.29, 1.82) is 0 Å². The first-order chi connectivity index (χ1) is 5.52. The summed E-state index contributed by atoms with van der Waals surface area (Å²) >= 11 is 0. The van der Waals surface area contributed by atoms with E-state index in [2.05, 4.69) is 49.9 Å². The summed E-state index contributed by atoms with van der Waals surface area (Å²) in [5.74, 6) is 0. The van der Waals surface area contributed by atoms with Crippen molar-refractivity contribution in [3.63, 3.8) is 0 Å². The molecule has 0 unspecified atom stereocenters. The Labute approximate surface area is 95.2 Å². The second kappa shape index (κ2) is 9.05. The molecule has 4 heteroatoms. The Morgan fingerprint density at radius 1 is 0.769 bits per heavy atom. The first-order valence-electron chi connectivity index (χ1n) is 4.37. The average molecular weight is 179 g/mol. The molecule has 0 spiro atoms. The maximum atomic E-state index is 3.96. The Morgan fingerprint density at radius 2 is 1.08 bits per heavy atom. The number of hydrogen-bond acceptors (Lipinski definition) is 3. The van der Waals surface area contributed by atoms with E-state index < -0.39 is 0 Å². The maximum Gasteiger partial charge on any atom is 1.00 e. The molecule has 0 radical (unpaired) electrons. The van der Waals surface area contributed by atoms with Gasteiger partial charge in [-0.3, -0.25) is 7.05 Å². The fourth-order valence-corrected chi connectivity index (χ4v) is 0.795. The summed E-state index contributed by atoms with van der Waals surface area (Å²) < 4.78 is 0. The Kier molecular flexibility index (Phi) is 11.1. The molecule has 0 bridgehead atoms. The second-order valence-electron chi connectivity index (χ2n) is 3.72. The van der Waals surface area contributed by atoms with Gasteiger partial charge in [-0.05, 0) is 41.3 Å². The zero-order valence-electron chi connectivity index (χ0n) is 9.88. The molecule has 0 aromatic carbocycles. The van der Waals surface area contributed by atoms with E-state index in [1.54, 1.807) is 0 Å². The van der Waals surface area contributed by atoms with E-state index >= 15 is 0 Å². The van der Waals surface area contributed by atoms with Gasteiger partial charge in [0, 0.05) is 13.1 Å². The summed E-state index contributed by atoms with van der Waals surface area (Å²) in [4.78, 5) is 6.46. The van der Waals surface area contributed by atoms with E-state index in [4.69, 9.17) is 0 Å². The Morgan fingerprint density at radius 3 is 1.31 bits per heavy atom. The maximum absolute atomic E-state index is 3.96. The molecular weight excluding hydrogens is 157 g/mol. The molecule has 0 heterocycles. The number of likely N-dealkylation sites (N-methyl/N-ethyl adjacent to an activating group) is 2. The zero-order chi connectivity index (χ0) is 9.56. The van der Waals surface area contributed by atoms with Crippen LogP contribution in [-0.4, -0.2) is 69.1 Å². The molecule has 0 aliphatic rings. The first-order valence-corrected chi connectivity index (χ1v) is 4.37. The van der Waals surface area contributed by atoms with Crippen LogP contribution in [0, 0.1) is 7.05 Å². The number of nitrogens with zero attached hydrogens (tertiary/aromatic N) is 3. The fraction of sp³-hybridized carbons (Fsp3) is 0.889. The van der Waals surface area contributed by atoms with Crippen molar-refractivity contribution < 1.29 is 18.9 Å². The van der Waals surface area contributed by atoms with Crippen LogP contribution in [0.3, 0.4) is 0 Å². The molecule has 0 atom stereocenters. The van der Waals surface area contributed by atoms with Crippen molar-refractivity contribution in [2.75, 3.05) is 54.4 Å². The minimum Gasteiger partial charge on any atom is -0.457 e. The van der Waals surface area contributed by atoms with Gasteiger partial charge in [0.2, 0.25) is 0 Å². The minimum atomic E-state index is 0. The number of hydrogen-bond donors (Lipinski definition) is 0. The third kappa shape index (κ3) is 12.5. The standard InChI is InChI=1S/C9H22N3.Li/c1-10(2)6-8-12(5)9-7-11(3)4;/h5-9H2,1-4H3;/q-1;+1. The van der Waals surface area contributed by atoms with Crippen molar-refractivity contribution >= 4 is 0 Å². The Bertz CT molecular complexity index is 95.0. The van der Waals surface area contributed by atoms with E-state index in [1.807, 2.05) is 0 Å². The molecule has 0 aliphatic heterocycles. The van der Waals surface area contributed by atoms with Crippen LogP contribution in [0.2, 0.25) is 0 Å². The van der Waals surface area contributed by atoms with Gasteiger partial charge in [-0.1, -0.05) is 0 Å². The molecule has 0 aromatic heterocycles. The van der Waals surface area contributed by atoms with E-state index in [0.717, 1.165) is 26.2 Å². The summed E-state index contributed by atoms with van der Waals surface area (Å²) in [6.45, 7) is 4.25. The van der Waals surface area contributed by atoms with Crippen LogP contribution in [0.25, 0.3) is 0 Å². The minimum absolute atomic E-state index is 0. The van der Waals surface area contributed by atoms with Crippen LogP contribution in [0.5, 0.6) is 0 Å². The van der Waals surface area contributed by atoms with Crippen LogP contribution >= 0.6 is 0 Å². The van der Waals surface area contributed by atoms with Crippen molar-refractivity contribution in [1.82, 2.24) is 14.7 Å². The molecule has 0 saturated heterocycles. The topological polar surface area (TPSA) is 9.72 Å². The van der Waals surface area contributed by atoms with Gasteiger partial charge >= 0.3 is 18.9 Å². The Balaban J connectivity index is 0. The summed E-state index contributed by atoms with van der Waals surface area (Å²) in [7, 11) is 12.3. The van der Waals surface area contributed by atoms with Gasteiger partial charge < -0.3 is 14.7 Å². The van der Waals surface area contributed by atoms with Gasteiger partial charge in [0.15, 0.2) is 0 Å². The fourth-order valence-electron chi connectivity index (χ4n) is 0.795. The molecule has 13 heavy (non-hydrogen) atoms. The average Bonchev–Trinajstić information content (AvgIpc) is 1.96. The predicted molar refractivity (Wildman–Crippen MR) is 54.0 cm³/mol. The summed E-state index contributed by atoms with van der Waals surface area (Å²) in [6, 6.07) is 0. The molecule has 0 amide bonds. The molecule has 74 valence electrons. The van der Waals surface area contributed by atoms with E-state index in [-0.39, 0.29) is 18.9 Å². The van der Waals surface area contributed by atoms with Gasteiger partial charge in [-0.25, -0.2) is 0 Å². The number of rotatable bonds is 6. The van der Waals surface area contributed by atoms with Gasteiger partial charge in [-0.2, -0.15) is 0 Å². The summed E-state index contributed by atoms with van der Waals surface area (Å²) in [6.07, 6.45) is 0. The van der Waals surface area contributed by atoms with Crippen molar-refractivity contribution in [3.05, 3.63) is 7.05 Å². The monoisotopic (exact) mass is 179 g/mol. The third-order valence-corrected chi connectivity index (χ3v) is 1.73. The SMILES string of the molecule is [CH2-]N(CCN(C)C)CCN(C)C.[Li+]. The van der Waals surface area contributed by atoms with Crippen LogP contribution in [0.15, 0.2) is 0 Å². The van der Waals surface area contributed by atoms with E-state index in [0.29, 0.717) is 0 Å². The summed E-state index contributed by atoms with van der Waals surface area (Å²) in [5, 5.41) is 0. The molecule has 0 saturated carbocycles. The molecule has 0 fully saturated rings. The quantitative estimate of drug-likeness (QED) is 0.322. The van der Waals surface area contributed by atoms with Crippen LogP contribution in [-0.2, 0) is 0 Å².